The lowest BCUT2D eigenvalue weighted by atomic mass is 15.8. The molecule has 0 spiro atoms. The molecule has 12 nitrogen and oxygen atoms in total. The van der Waals surface area contributed by atoms with Gasteiger partial charge in [-0.1, -0.05) is 0 Å². The van der Waals surface area contributed by atoms with Crippen LogP contribution < -0.4 is 41.9 Å². The molecule has 0 aromatic heterocycles. The van der Waals surface area contributed by atoms with Crippen molar-refractivity contribution in [3.63, 3.8) is 0 Å². The number of rotatable bonds is 0. The minimum atomic E-state index is -4.69. The van der Waals surface area contributed by atoms with Gasteiger partial charge in [0.15, 0.2) is 0 Å². The summed E-state index contributed by atoms with van der Waals surface area (Å²) in [5.74, 6) is 0. The molecule has 0 amide bonds. The molecule has 0 heterocycles. The molecular formula is H3AlCl3O12. The topological polar surface area (TPSA) is 268 Å². The van der Waals surface area contributed by atoms with Crippen LogP contribution in [0.3, 0.4) is 0 Å². The van der Waals surface area contributed by atoms with Crippen molar-refractivity contribution >= 4 is 17.4 Å². The SMILES string of the molecule is [Al].[O-][Cl+3]([O-])([O-])O.[O-][Cl+3]([O-])([O-])O.[O-][Cl+3]([O-])([O-])O. The van der Waals surface area contributed by atoms with E-state index in [1.807, 2.05) is 0 Å². The summed E-state index contributed by atoms with van der Waals surface area (Å²) >= 11 is 0. The Bertz CT molecular complexity index is 91.3. The monoisotopic (exact) mass is 327 g/mol. The zero-order valence-electron chi connectivity index (χ0n) is 6.73. The fourth-order valence-electron chi connectivity index (χ4n) is 0. The van der Waals surface area contributed by atoms with Crippen molar-refractivity contribution in [3.05, 3.63) is 0 Å². The summed E-state index contributed by atoms with van der Waals surface area (Å²) in [4.78, 5) is 0. The van der Waals surface area contributed by atoms with Gasteiger partial charge in [0, 0.05) is 17.4 Å². The van der Waals surface area contributed by atoms with Crippen molar-refractivity contribution in [2.45, 2.75) is 0 Å². The second-order valence-electron chi connectivity index (χ2n) is 1.19. The van der Waals surface area contributed by atoms with Gasteiger partial charge >= 0.3 is 0 Å². The summed E-state index contributed by atoms with van der Waals surface area (Å²) in [7, 11) is -14.1. The maximum atomic E-state index is 8.60. The van der Waals surface area contributed by atoms with Gasteiger partial charge in [-0.2, -0.15) is 41.9 Å². The third-order valence-electron chi connectivity index (χ3n) is 0. The highest BCUT2D eigenvalue weighted by Crippen LogP contribution is 1.61. The third-order valence-corrected chi connectivity index (χ3v) is 0. The molecule has 0 saturated heterocycles. The molecule has 0 rings (SSSR count). The van der Waals surface area contributed by atoms with Gasteiger partial charge in [-0.15, -0.1) is 0 Å². The Kier molecular flexibility index (Phi) is 15.9. The molecular weight excluding hydrogens is 325 g/mol. The minimum Gasteiger partial charge on any atom is -0.183 e. The van der Waals surface area contributed by atoms with E-state index in [0.717, 1.165) is 0 Å². The molecule has 3 N–H and O–H groups in total. The van der Waals surface area contributed by atoms with Crippen LogP contribution in [0.4, 0.5) is 0 Å². The number of hydrogen-bond donors (Lipinski definition) is 3. The van der Waals surface area contributed by atoms with Crippen molar-refractivity contribution in [1.29, 1.82) is 0 Å². The van der Waals surface area contributed by atoms with Crippen LogP contribution in [-0.4, -0.2) is 31.3 Å². The number of halogens is 3. The van der Waals surface area contributed by atoms with E-state index < -0.39 is 30.7 Å². The summed E-state index contributed by atoms with van der Waals surface area (Å²) in [6.45, 7) is 0. The van der Waals surface area contributed by atoms with Crippen molar-refractivity contribution in [3.8, 4) is 0 Å². The zero-order chi connectivity index (χ0) is 13.5. The molecule has 0 saturated carbocycles. The molecule has 3 radical (unpaired) electrons. The van der Waals surface area contributed by atoms with Crippen LogP contribution in [0, 0.1) is 30.7 Å². The van der Waals surface area contributed by atoms with Gasteiger partial charge in [0.1, 0.15) is 0 Å². The molecule has 0 bridgehead atoms. The van der Waals surface area contributed by atoms with E-state index in [-0.39, 0.29) is 17.4 Å². The molecule has 0 atom stereocenters. The van der Waals surface area contributed by atoms with Gasteiger partial charge in [-0.05, 0) is 0 Å². The maximum Gasteiger partial charge on any atom is 0.0777 e. The van der Waals surface area contributed by atoms with Crippen LogP contribution in [0.5, 0.6) is 0 Å². The molecule has 0 unspecified atom stereocenters. The van der Waals surface area contributed by atoms with E-state index in [0.29, 0.717) is 0 Å². The van der Waals surface area contributed by atoms with Crippen molar-refractivity contribution in [2.24, 2.45) is 0 Å². The fourth-order valence-corrected chi connectivity index (χ4v) is 0. The molecule has 0 fully saturated rings. The summed E-state index contributed by atoms with van der Waals surface area (Å²) < 4.78 is 98.2. The van der Waals surface area contributed by atoms with Crippen LogP contribution in [0.15, 0.2) is 0 Å². The number of hydrogen-bond acceptors (Lipinski definition) is 12. The van der Waals surface area contributed by atoms with E-state index >= 15 is 0 Å². The van der Waals surface area contributed by atoms with Gasteiger partial charge < -0.3 is 0 Å². The maximum absolute atomic E-state index is 8.60. The van der Waals surface area contributed by atoms with Crippen molar-refractivity contribution in [2.75, 3.05) is 0 Å². The molecule has 0 aromatic carbocycles. The first-order chi connectivity index (χ1) is 6.00. The van der Waals surface area contributed by atoms with Crippen molar-refractivity contribution < 1.29 is 86.6 Å². The Morgan fingerprint density at radius 3 is 0.438 bits per heavy atom. The van der Waals surface area contributed by atoms with Gasteiger partial charge in [0.25, 0.3) is 0 Å². The van der Waals surface area contributed by atoms with Crippen LogP contribution in [0.2, 0.25) is 0 Å². The fraction of sp³-hybridized carbons (Fsp3) is 0. The Morgan fingerprint density at radius 2 is 0.438 bits per heavy atom. The lowest BCUT2D eigenvalue weighted by Gasteiger charge is -2.03. The summed E-state index contributed by atoms with van der Waals surface area (Å²) in [5.41, 5.74) is 0. The average molecular weight is 328 g/mol. The highest BCUT2D eigenvalue weighted by atomic mass is 35.7. The Hall–Kier alpha value is 0.922. The Balaban J connectivity index is -0.0000000655. The normalized spacial score (nSPS) is 11.2. The van der Waals surface area contributed by atoms with Crippen LogP contribution >= 0.6 is 0 Å². The van der Waals surface area contributed by atoms with E-state index in [9.17, 15) is 0 Å². The first-order valence-corrected chi connectivity index (χ1v) is 5.69. The predicted octanol–water partition coefficient (Wildman–Crippen LogP) is -12.8. The zero-order valence-corrected chi connectivity index (χ0v) is 10.1. The average Bonchev–Trinajstić information content (AvgIpc) is 1.41. The largest absolute Gasteiger partial charge is 0.183 e. The summed E-state index contributed by atoms with van der Waals surface area (Å²) in [5, 5.41) is 0. The first-order valence-electron chi connectivity index (χ1n) is 1.90. The molecule has 99 valence electrons. The van der Waals surface area contributed by atoms with Gasteiger partial charge in [-0.25, -0.2) is 0 Å². The molecule has 0 aliphatic carbocycles. The lowest BCUT2D eigenvalue weighted by molar-refractivity contribution is -1.92. The highest BCUT2D eigenvalue weighted by Gasteiger charge is 1.99. The molecule has 0 aliphatic heterocycles. The standard InChI is InChI=1S/Al.3ClHO4/c;3*2-1(3,4)5/h;3*(H,2,3,4,5). The quantitative estimate of drug-likeness (QED) is 0.349. The van der Waals surface area contributed by atoms with Crippen molar-refractivity contribution in [1.82, 2.24) is 0 Å². The molecule has 16 heavy (non-hydrogen) atoms. The van der Waals surface area contributed by atoms with Crippen LogP contribution in [0.25, 0.3) is 0 Å². The molecule has 0 aromatic rings. The predicted molar refractivity (Wildman–Crippen MR) is 12.4 cm³/mol. The summed E-state index contributed by atoms with van der Waals surface area (Å²) in [6.07, 6.45) is 0. The van der Waals surface area contributed by atoms with E-state index in [4.69, 9.17) is 55.9 Å². The second kappa shape index (κ2) is 9.90. The van der Waals surface area contributed by atoms with Gasteiger partial charge in [-0.3, -0.25) is 0 Å². The van der Waals surface area contributed by atoms with E-state index in [1.54, 1.807) is 0 Å². The van der Waals surface area contributed by atoms with Crippen LogP contribution in [0.1, 0.15) is 0 Å². The Morgan fingerprint density at radius 1 is 0.438 bits per heavy atom. The molecule has 0 aliphatic rings. The first kappa shape index (κ1) is 25.7. The summed E-state index contributed by atoms with van der Waals surface area (Å²) in [6, 6.07) is 0. The van der Waals surface area contributed by atoms with Gasteiger partial charge in [0.05, 0.1) is 44.7 Å². The van der Waals surface area contributed by atoms with E-state index in [2.05, 4.69) is 0 Å². The Labute approximate surface area is 104 Å². The second-order valence-corrected chi connectivity index (χ2v) is 3.56. The smallest absolute Gasteiger partial charge is 0.0777 e. The highest BCUT2D eigenvalue weighted by molar-refractivity contribution is 5.75. The van der Waals surface area contributed by atoms with Crippen LogP contribution in [-0.2, 0) is 0 Å². The van der Waals surface area contributed by atoms with E-state index in [1.165, 1.54) is 0 Å². The minimum absolute atomic E-state index is 0. The third kappa shape index (κ3) is 3400. The molecule has 16 heteroatoms. The van der Waals surface area contributed by atoms with Gasteiger partial charge in [0.2, 0.25) is 0 Å². The lowest BCUT2D eigenvalue weighted by Crippen LogP contribution is -2.58.